The Bertz CT molecular complexity index is 589. The van der Waals surface area contributed by atoms with Crippen molar-refractivity contribution in [3.05, 3.63) is 46.8 Å². The fourth-order valence-corrected chi connectivity index (χ4v) is 4.08. The lowest BCUT2D eigenvalue weighted by molar-refractivity contribution is 0.392. The molecule has 21 heavy (non-hydrogen) atoms. The Kier molecular flexibility index (Phi) is 4.66. The number of nitrogens with one attached hydrogen (secondary N) is 1. The number of thioether (sulfide) groups is 1. The van der Waals surface area contributed by atoms with E-state index >= 15 is 0 Å². The molecule has 0 amide bonds. The smallest absolute Gasteiger partial charge is 0.137 e. The van der Waals surface area contributed by atoms with Gasteiger partial charge in [-0.15, -0.1) is 11.8 Å². The van der Waals surface area contributed by atoms with Gasteiger partial charge in [0.25, 0.3) is 0 Å². The van der Waals surface area contributed by atoms with Crippen LogP contribution in [0.25, 0.3) is 0 Å². The molecule has 1 N–H and O–H groups in total. The van der Waals surface area contributed by atoms with Crippen molar-refractivity contribution in [2.75, 3.05) is 12.3 Å². The zero-order valence-corrected chi connectivity index (χ0v) is 13.5. The van der Waals surface area contributed by atoms with Crippen LogP contribution in [0.15, 0.2) is 33.7 Å². The number of benzene rings is 1. The first-order chi connectivity index (χ1) is 10.3. The van der Waals surface area contributed by atoms with Gasteiger partial charge in [-0.2, -0.15) is 0 Å². The standard InChI is InChI=1S/C17H22N2OS/c1-12-14(13(2)20-19-12)7-5-10-18-16-9-11-21-17-8-4-3-6-15(16)17/h3-4,6,8,16,18H,5,7,9-11H2,1-2H3/t16-/m0/s1. The number of aromatic nitrogens is 1. The summed E-state index contributed by atoms with van der Waals surface area (Å²) in [5.41, 5.74) is 3.77. The summed E-state index contributed by atoms with van der Waals surface area (Å²) in [6, 6.07) is 9.27. The molecular weight excluding hydrogens is 280 g/mol. The highest BCUT2D eigenvalue weighted by molar-refractivity contribution is 7.99. The molecule has 3 nitrogen and oxygen atoms in total. The number of nitrogens with zero attached hydrogens (tertiary/aromatic N) is 1. The molecule has 0 aliphatic carbocycles. The molecule has 0 unspecified atom stereocenters. The largest absolute Gasteiger partial charge is 0.361 e. The second-order valence-corrected chi connectivity index (χ2v) is 6.72. The molecule has 0 fully saturated rings. The van der Waals surface area contributed by atoms with E-state index in [2.05, 4.69) is 34.7 Å². The van der Waals surface area contributed by atoms with E-state index in [0.717, 1.165) is 30.8 Å². The van der Waals surface area contributed by atoms with Crippen molar-refractivity contribution in [1.82, 2.24) is 10.5 Å². The van der Waals surface area contributed by atoms with E-state index in [9.17, 15) is 0 Å². The Morgan fingerprint density at radius 2 is 2.19 bits per heavy atom. The summed E-state index contributed by atoms with van der Waals surface area (Å²) in [5.74, 6) is 2.17. The van der Waals surface area contributed by atoms with Gasteiger partial charge in [-0.3, -0.25) is 0 Å². The monoisotopic (exact) mass is 302 g/mol. The predicted molar refractivity (Wildman–Crippen MR) is 86.8 cm³/mol. The number of fused-ring (bicyclic) bond motifs is 1. The second kappa shape index (κ2) is 6.67. The highest BCUT2D eigenvalue weighted by Gasteiger charge is 2.19. The molecule has 0 saturated heterocycles. The van der Waals surface area contributed by atoms with Crippen molar-refractivity contribution in [3.8, 4) is 0 Å². The molecule has 112 valence electrons. The maximum atomic E-state index is 5.22. The first-order valence-corrected chi connectivity index (χ1v) is 8.61. The van der Waals surface area contributed by atoms with Crippen LogP contribution in [0.1, 0.15) is 41.5 Å². The van der Waals surface area contributed by atoms with Gasteiger partial charge in [0.2, 0.25) is 0 Å². The van der Waals surface area contributed by atoms with E-state index in [0.29, 0.717) is 6.04 Å². The summed E-state index contributed by atoms with van der Waals surface area (Å²) < 4.78 is 5.22. The zero-order chi connectivity index (χ0) is 14.7. The summed E-state index contributed by atoms with van der Waals surface area (Å²) in [6.45, 7) is 5.05. The van der Waals surface area contributed by atoms with E-state index in [4.69, 9.17) is 4.52 Å². The molecule has 1 aromatic carbocycles. The molecule has 3 rings (SSSR count). The Hall–Kier alpha value is -1.26. The van der Waals surface area contributed by atoms with Crippen LogP contribution in [0.3, 0.4) is 0 Å². The minimum Gasteiger partial charge on any atom is -0.361 e. The number of aryl methyl sites for hydroxylation is 2. The molecule has 1 aliphatic heterocycles. The third-order valence-electron chi connectivity index (χ3n) is 4.13. The first kappa shape index (κ1) is 14.7. The third-order valence-corrected chi connectivity index (χ3v) is 5.26. The van der Waals surface area contributed by atoms with Gasteiger partial charge in [0.05, 0.1) is 5.69 Å². The predicted octanol–water partition coefficient (Wildman–Crippen LogP) is 4.05. The lowest BCUT2D eigenvalue weighted by Gasteiger charge is -2.26. The van der Waals surface area contributed by atoms with Crippen molar-refractivity contribution in [2.45, 2.75) is 44.0 Å². The summed E-state index contributed by atoms with van der Waals surface area (Å²) in [4.78, 5) is 1.44. The van der Waals surface area contributed by atoms with Crippen molar-refractivity contribution in [1.29, 1.82) is 0 Å². The fourth-order valence-electron chi connectivity index (χ4n) is 2.95. The minimum absolute atomic E-state index is 0.507. The van der Waals surface area contributed by atoms with Gasteiger partial charge in [-0.1, -0.05) is 23.4 Å². The minimum atomic E-state index is 0.507. The number of rotatable bonds is 5. The van der Waals surface area contributed by atoms with Crippen LogP contribution < -0.4 is 5.32 Å². The quantitative estimate of drug-likeness (QED) is 0.846. The van der Waals surface area contributed by atoms with E-state index < -0.39 is 0 Å². The maximum absolute atomic E-state index is 5.22. The topological polar surface area (TPSA) is 38.1 Å². The van der Waals surface area contributed by atoms with Crippen molar-refractivity contribution < 1.29 is 4.52 Å². The Morgan fingerprint density at radius 1 is 1.33 bits per heavy atom. The van der Waals surface area contributed by atoms with E-state index in [-0.39, 0.29) is 0 Å². The Morgan fingerprint density at radius 3 is 3.00 bits per heavy atom. The summed E-state index contributed by atoms with van der Waals surface area (Å²) in [5, 5.41) is 7.73. The lowest BCUT2D eigenvalue weighted by atomic mass is 10.0. The van der Waals surface area contributed by atoms with Crippen LogP contribution in [0.5, 0.6) is 0 Å². The molecule has 2 aromatic rings. The van der Waals surface area contributed by atoms with Gasteiger partial charge in [-0.25, -0.2) is 0 Å². The normalized spacial score (nSPS) is 17.7. The SMILES string of the molecule is Cc1noc(C)c1CCCN[C@H]1CCSc2ccccc21. The second-order valence-electron chi connectivity index (χ2n) is 5.59. The van der Waals surface area contributed by atoms with Gasteiger partial charge in [0.15, 0.2) is 0 Å². The van der Waals surface area contributed by atoms with E-state index in [1.54, 1.807) is 0 Å². The summed E-state index contributed by atoms with van der Waals surface area (Å²) in [6.07, 6.45) is 3.37. The molecule has 0 spiro atoms. The van der Waals surface area contributed by atoms with Crippen LogP contribution in [-0.4, -0.2) is 17.5 Å². The molecule has 1 aromatic heterocycles. The first-order valence-electron chi connectivity index (χ1n) is 7.62. The molecule has 1 atom stereocenters. The van der Waals surface area contributed by atoms with Crippen molar-refractivity contribution in [2.24, 2.45) is 0 Å². The number of hydrogen-bond acceptors (Lipinski definition) is 4. The Labute approximate surface area is 130 Å². The molecular formula is C17H22N2OS. The highest BCUT2D eigenvalue weighted by Crippen LogP contribution is 2.35. The molecule has 0 saturated carbocycles. The van der Waals surface area contributed by atoms with Crippen LogP contribution in [-0.2, 0) is 6.42 Å². The zero-order valence-electron chi connectivity index (χ0n) is 12.7. The number of hydrogen-bond donors (Lipinski definition) is 1. The molecule has 4 heteroatoms. The van der Waals surface area contributed by atoms with Crippen LogP contribution in [0.2, 0.25) is 0 Å². The van der Waals surface area contributed by atoms with Crippen molar-refractivity contribution >= 4 is 11.8 Å². The van der Waals surface area contributed by atoms with Crippen LogP contribution in [0.4, 0.5) is 0 Å². The van der Waals surface area contributed by atoms with Gasteiger partial charge < -0.3 is 9.84 Å². The van der Waals surface area contributed by atoms with Crippen LogP contribution >= 0.6 is 11.8 Å². The Balaban J connectivity index is 1.53. The molecule has 0 radical (unpaired) electrons. The lowest BCUT2D eigenvalue weighted by Crippen LogP contribution is -2.25. The van der Waals surface area contributed by atoms with Gasteiger partial charge >= 0.3 is 0 Å². The summed E-state index contributed by atoms with van der Waals surface area (Å²) >= 11 is 1.97. The average molecular weight is 302 g/mol. The van der Waals surface area contributed by atoms with Gasteiger partial charge in [0, 0.05) is 16.5 Å². The average Bonchev–Trinajstić information content (AvgIpc) is 2.83. The third kappa shape index (κ3) is 3.33. The van der Waals surface area contributed by atoms with Gasteiger partial charge in [-0.05, 0) is 57.0 Å². The van der Waals surface area contributed by atoms with E-state index in [1.165, 1.54) is 28.2 Å². The van der Waals surface area contributed by atoms with Crippen LogP contribution in [0, 0.1) is 13.8 Å². The summed E-state index contributed by atoms with van der Waals surface area (Å²) in [7, 11) is 0. The molecule has 0 bridgehead atoms. The molecule has 2 heterocycles. The van der Waals surface area contributed by atoms with Gasteiger partial charge in [0.1, 0.15) is 5.76 Å². The maximum Gasteiger partial charge on any atom is 0.137 e. The van der Waals surface area contributed by atoms with Crippen molar-refractivity contribution in [3.63, 3.8) is 0 Å². The fraction of sp³-hybridized carbons (Fsp3) is 0.471. The molecule has 1 aliphatic rings. The van der Waals surface area contributed by atoms with E-state index in [1.807, 2.05) is 25.6 Å². The highest BCUT2D eigenvalue weighted by atomic mass is 32.2.